The summed E-state index contributed by atoms with van der Waals surface area (Å²) in [6.07, 6.45) is 1.57. The molecule has 0 amide bonds. The SMILES string of the molecule is CCC(=NCCC(C)C)c1c(CC(=O)OC)[nH]n(-c2ccccc2)c1=O. The van der Waals surface area contributed by atoms with E-state index in [0.29, 0.717) is 35.8 Å². The van der Waals surface area contributed by atoms with Gasteiger partial charge in [0.05, 0.1) is 30.5 Å². The van der Waals surface area contributed by atoms with Crippen LogP contribution in [0.25, 0.3) is 5.69 Å². The third-order valence-electron chi connectivity index (χ3n) is 4.16. The molecule has 0 aliphatic heterocycles. The largest absolute Gasteiger partial charge is 0.469 e. The summed E-state index contributed by atoms with van der Waals surface area (Å²) < 4.78 is 6.24. The molecule has 6 nitrogen and oxygen atoms in total. The molecule has 0 unspecified atom stereocenters. The number of ether oxygens (including phenoxy) is 1. The van der Waals surface area contributed by atoms with Crippen LogP contribution in [-0.4, -0.2) is 35.1 Å². The molecule has 0 radical (unpaired) electrons. The summed E-state index contributed by atoms with van der Waals surface area (Å²) in [6.45, 7) is 6.91. The first-order valence-electron chi connectivity index (χ1n) is 8.97. The van der Waals surface area contributed by atoms with Crippen LogP contribution in [0.5, 0.6) is 0 Å². The summed E-state index contributed by atoms with van der Waals surface area (Å²) >= 11 is 0. The van der Waals surface area contributed by atoms with Crippen LogP contribution in [0.3, 0.4) is 0 Å². The van der Waals surface area contributed by atoms with E-state index in [2.05, 4.69) is 23.9 Å². The predicted molar refractivity (Wildman–Crippen MR) is 103 cm³/mol. The number of aromatic amines is 1. The van der Waals surface area contributed by atoms with E-state index in [1.807, 2.05) is 37.3 Å². The molecule has 2 rings (SSSR count). The number of benzene rings is 1. The van der Waals surface area contributed by atoms with E-state index < -0.39 is 5.97 Å². The monoisotopic (exact) mass is 357 g/mol. The van der Waals surface area contributed by atoms with Crippen LogP contribution in [0.2, 0.25) is 0 Å². The Bertz CT molecular complexity index is 817. The molecule has 0 fully saturated rings. The third-order valence-corrected chi connectivity index (χ3v) is 4.16. The average molecular weight is 357 g/mol. The van der Waals surface area contributed by atoms with Crippen LogP contribution >= 0.6 is 0 Å². The Morgan fingerprint density at radius 2 is 1.96 bits per heavy atom. The molecule has 0 bridgehead atoms. The normalized spacial score (nSPS) is 11.8. The minimum Gasteiger partial charge on any atom is -0.469 e. The molecule has 0 saturated heterocycles. The number of H-pyrrole nitrogens is 1. The van der Waals surface area contributed by atoms with Gasteiger partial charge in [0.2, 0.25) is 0 Å². The molecule has 0 saturated carbocycles. The number of nitrogens with zero attached hydrogens (tertiary/aromatic N) is 2. The Balaban J connectivity index is 2.52. The van der Waals surface area contributed by atoms with Crippen LogP contribution in [0.1, 0.15) is 44.9 Å². The molecule has 0 aliphatic rings. The maximum Gasteiger partial charge on any atom is 0.311 e. The van der Waals surface area contributed by atoms with Crippen LogP contribution in [0.15, 0.2) is 40.1 Å². The van der Waals surface area contributed by atoms with E-state index in [1.165, 1.54) is 11.8 Å². The molecule has 0 atom stereocenters. The minimum atomic E-state index is -0.398. The van der Waals surface area contributed by atoms with Crippen molar-refractivity contribution in [1.29, 1.82) is 0 Å². The molecule has 0 spiro atoms. The van der Waals surface area contributed by atoms with Crippen molar-refractivity contribution in [2.24, 2.45) is 10.9 Å². The van der Waals surface area contributed by atoms with Crippen LogP contribution < -0.4 is 5.56 Å². The van der Waals surface area contributed by atoms with Crippen LogP contribution in [0, 0.1) is 5.92 Å². The van der Waals surface area contributed by atoms with Crippen molar-refractivity contribution in [3.63, 3.8) is 0 Å². The highest BCUT2D eigenvalue weighted by atomic mass is 16.5. The minimum absolute atomic E-state index is 0.00407. The molecule has 26 heavy (non-hydrogen) atoms. The van der Waals surface area contributed by atoms with Gasteiger partial charge in [0.25, 0.3) is 5.56 Å². The zero-order valence-electron chi connectivity index (χ0n) is 15.9. The van der Waals surface area contributed by atoms with E-state index in [0.717, 1.165) is 12.1 Å². The number of hydrogen-bond donors (Lipinski definition) is 1. The van der Waals surface area contributed by atoms with Gasteiger partial charge < -0.3 is 4.74 Å². The van der Waals surface area contributed by atoms with Gasteiger partial charge >= 0.3 is 5.97 Å². The van der Waals surface area contributed by atoms with Crippen molar-refractivity contribution in [3.05, 3.63) is 51.9 Å². The molecule has 6 heteroatoms. The van der Waals surface area contributed by atoms with Gasteiger partial charge in [0.1, 0.15) is 0 Å². The van der Waals surface area contributed by atoms with E-state index >= 15 is 0 Å². The summed E-state index contributed by atoms with van der Waals surface area (Å²) in [7, 11) is 1.34. The lowest BCUT2D eigenvalue weighted by Crippen LogP contribution is -2.21. The molecule has 140 valence electrons. The smallest absolute Gasteiger partial charge is 0.311 e. The fourth-order valence-corrected chi connectivity index (χ4v) is 2.71. The van der Waals surface area contributed by atoms with E-state index in [9.17, 15) is 9.59 Å². The summed E-state index contributed by atoms with van der Waals surface area (Å²) in [5, 5.41) is 3.07. The maximum atomic E-state index is 13.1. The van der Waals surface area contributed by atoms with Crippen LogP contribution in [-0.2, 0) is 16.0 Å². The van der Waals surface area contributed by atoms with Crippen molar-refractivity contribution in [3.8, 4) is 5.69 Å². The highest BCUT2D eigenvalue weighted by Crippen LogP contribution is 2.12. The topological polar surface area (TPSA) is 76.4 Å². The number of methoxy groups -OCH3 is 1. The first-order chi connectivity index (χ1) is 12.5. The summed E-state index contributed by atoms with van der Waals surface area (Å²) in [4.78, 5) is 29.5. The van der Waals surface area contributed by atoms with Gasteiger partial charge in [-0.3, -0.25) is 19.7 Å². The Morgan fingerprint density at radius 3 is 2.54 bits per heavy atom. The first-order valence-corrected chi connectivity index (χ1v) is 8.97. The van der Waals surface area contributed by atoms with Crippen molar-refractivity contribution in [2.45, 2.75) is 40.0 Å². The number of carbonyl (C=O) groups is 1. The van der Waals surface area contributed by atoms with Gasteiger partial charge in [-0.25, -0.2) is 4.68 Å². The number of carbonyl (C=O) groups excluding carboxylic acids is 1. The zero-order chi connectivity index (χ0) is 19.1. The fraction of sp³-hybridized carbons (Fsp3) is 0.450. The molecule has 1 aromatic carbocycles. The lowest BCUT2D eigenvalue weighted by Gasteiger charge is -2.05. The summed E-state index contributed by atoms with van der Waals surface area (Å²) in [6, 6.07) is 9.29. The number of para-hydroxylation sites is 1. The second-order valence-electron chi connectivity index (χ2n) is 6.56. The lowest BCUT2D eigenvalue weighted by atomic mass is 10.1. The van der Waals surface area contributed by atoms with Gasteiger partial charge in [-0.15, -0.1) is 0 Å². The average Bonchev–Trinajstić information content (AvgIpc) is 2.95. The summed E-state index contributed by atoms with van der Waals surface area (Å²) in [5.74, 6) is 0.143. The van der Waals surface area contributed by atoms with Gasteiger partial charge in [0, 0.05) is 12.3 Å². The lowest BCUT2D eigenvalue weighted by molar-refractivity contribution is -0.139. The fourth-order valence-electron chi connectivity index (χ4n) is 2.71. The highest BCUT2D eigenvalue weighted by Gasteiger charge is 2.21. The Kier molecular flexibility index (Phi) is 6.95. The first kappa shape index (κ1) is 19.7. The quantitative estimate of drug-likeness (QED) is 0.582. The van der Waals surface area contributed by atoms with Crippen molar-refractivity contribution >= 4 is 11.7 Å². The van der Waals surface area contributed by atoms with Gasteiger partial charge in [-0.2, -0.15) is 0 Å². The number of rotatable bonds is 8. The van der Waals surface area contributed by atoms with E-state index in [-0.39, 0.29) is 12.0 Å². The van der Waals surface area contributed by atoms with E-state index in [4.69, 9.17) is 4.74 Å². The predicted octanol–water partition coefficient (Wildman–Crippen LogP) is 3.13. The van der Waals surface area contributed by atoms with Crippen molar-refractivity contribution in [2.75, 3.05) is 13.7 Å². The van der Waals surface area contributed by atoms with Gasteiger partial charge in [-0.1, -0.05) is 39.0 Å². The number of esters is 1. The number of aromatic nitrogens is 2. The Morgan fingerprint density at radius 1 is 1.27 bits per heavy atom. The number of nitrogens with one attached hydrogen (secondary N) is 1. The molecule has 1 N–H and O–H groups in total. The summed E-state index contributed by atoms with van der Waals surface area (Å²) in [5.41, 5.74) is 2.26. The van der Waals surface area contributed by atoms with Crippen molar-refractivity contribution in [1.82, 2.24) is 9.78 Å². The Labute approximate surface area is 153 Å². The number of aliphatic imine (C=N–C) groups is 1. The van der Waals surface area contributed by atoms with Gasteiger partial charge in [-0.05, 0) is 30.9 Å². The van der Waals surface area contributed by atoms with Gasteiger partial charge in [0.15, 0.2) is 0 Å². The molecule has 1 aromatic heterocycles. The standard InChI is InChI=1S/C20H27N3O3/c1-5-16(21-12-11-14(2)3)19-17(13-18(24)26-4)22-23(20(19)25)15-9-7-6-8-10-15/h6-10,14,22H,5,11-13H2,1-4H3. The molecule has 0 aliphatic carbocycles. The molecular weight excluding hydrogens is 330 g/mol. The maximum absolute atomic E-state index is 13.1. The second kappa shape index (κ2) is 9.17. The molecular formula is C20H27N3O3. The second-order valence-corrected chi connectivity index (χ2v) is 6.56. The zero-order valence-corrected chi connectivity index (χ0v) is 15.9. The van der Waals surface area contributed by atoms with Crippen LogP contribution in [0.4, 0.5) is 0 Å². The van der Waals surface area contributed by atoms with Crippen molar-refractivity contribution < 1.29 is 9.53 Å². The third kappa shape index (κ3) is 4.71. The van der Waals surface area contributed by atoms with E-state index in [1.54, 1.807) is 0 Å². The Hall–Kier alpha value is -2.63. The highest BCUT2D eigenvalue weighted by molar-refractivity contribution is 6.01. The molecule has 1 heterocycles. The molecule has 2 aromatic rings. The number of hydrogen-bond acceptors (Lipinski definition) is 4.